The second kappa shape index (κ2) is 10.1. The van der Waals surface area contributed by atoms with Crippen molar-refractivity contribution in [1.82, 2.24) is 4.90 Å². The van der Waals surface area contributed by atoms with E-state index in [1.807, 2.05) is 6.08 Å². The normalized spacial score (nSPS) is 13.6. The van der Waals surface area contributed by atoms with Gasteiger partial charge in [0.25, 0.3) is 0 Å². The van der Waals surface area contributed by atoms with Crippen molar-refractivity contribution in [3.8, 4) is 0 Å². The average molecular weight is 323 g/mol. The summed E-state index contributed by atoms with van der Waals surface area (Å²) in [6.45, 7) is 8.25. The molecule has 0 radical (unpaired) electrons. The van der Waals surface area contributed by atoms with Crippen molar-refractivity contribution in [1.29, 1.82) is 0 Å². The summed E-state index contributed by atoms with van der Waals surface area (Å²) < 4.78 is 0. The van der Waals surface area contributed by atoms with E-state index in [0.717, 1.165) is 25.9 Å². The maximum absolute atomic E-state index is 9.41. The molecule has 0 unspecified atom stereocenters. The zero-order valence-electron chi connectivity index (χ0n) is 14.6. The molecule has 0 aliphatic rings. The zero-order chi connectivity index (χ0) is 17.2. The van der Waals surface area contributed by atoms with Crippen LogP contribution in [-0.4, -0.2) is 22.7 Å². The summed E-state index contributed by atoms with van der Waals surface area (Å²) >= 11 is 0. The summed E-state index contributed by atoms with van der Waals surface area (Å²) in [5.74, 6) is 0.299. The molecule has 2 nitrogen and oxygen atoms in total. The van der Waals surface area contributed by atoms with Gasteiger partial charge in [-0.1, -0.05) is 73.7 Å². The minimum Gasteiger partial charge on any atom is -0.396 e. The third-order valence-corrected chi connectivity index (χ3v) is 4.60. The van der Waals surface area contributed by atoms with Gasteiger partial charge in [0, 0.05) is 25.7 Å². The van der Waals surface area contributed by atoms with Gasteiger partial charge in [-0.2, -0.15) is 0 Å². The van der Waals surface area contributed by atoms with Gasteiger partial charge in [-0.25, -0.2) is 0 Å². The van der Waals surface area contributed by atoms with Crippen LogP contribution < -0.4 is 0 Å². The Labute approximate surface area is 146 Å². The van der Waals surface area contributed by atoms with E-state index in [4.69, 9.17) is 0 Å². The minimum absolute atomic E-state index is 0.206. The largest absolute Gasteiger partial charge is 0.396 e. The van der Waals surface area contributed by atoms with Gasteiger partial charge >= 0.3 is 0 Å². The number of rotatable bonds is 10. The summed E-state index contributed by atoms with van der Waals surface area (Å²) in [4.78, 5) is 2.52. The van der Waals surface area contributed by atoms with E-state index in [1.54, 1.807) is 0 Å². The molecule has 0 amide bonds. The van der Waals surface area contributed by atoms with Crippen LogP contribution >= 0.6 is 0 Å². The van der Waals surface area contributed by atoms with Gasteiger partial charge in [-0.05, 0) is 29.9 Å². The van der Waals surface area contributed by atoms with Crippen LogP contribution in [0.4, 0.5) is 0 Å². The standard InChI is InChI=1S/C22H29NO/c1-3-21(15-16-24)22(4-2)23(17-19-11-7-5-8-12-19)18-20-13-9-6-10-14-20/h3,5-14,21-22,24H,1,4,15-18H2,2H3/t21-,22-/m0/s1. The monoisotopic (exact) mass is 323 g/mol. The van der Waals surface area contributed by atoms with Gasteiger partial charge in [-0.3, -0.25) is 4.90 Å². The van der Waals surface area contributed by atoms with Crippen LogP contribution in [0.15, 0.2) is 73.3 Å². The molecule has 0 spiro atoms. The molecule has 0 fully saturated rings. The number of hydrogen-bond acceptors (Lipinski definition) is 2. The molecule has 2 heteroatoms. The molecule has 0 heterocycles. The molecule has 0 aliphatic carbocycles. The van der Waals surface area contributed by atoms with Crippen LogP contribution in [0.3, 0.4) is 0 Å². The lowest BCUT2D eigenvalue weighted by Crippen LogP contribution is -2.39. The number of aliphatic hydroxyl groups is 1. The molecular formula is C22H29NO. The van der Waals surface area contributed by atoms with E-state index in [2.05, 4.69) is 79.1 Å². The average Bonchev–Trinajstić information content (AvgIpc) is 2.63. The highest BCUT2D eigenvalue weighted by Crippen LogP contribution is 2.24. The highest BCUT2D eigenvalue weighted by molar-refractivity contribution is 5.17. The Morgan fingerprint density at radius 3 is 1.83 bits per heavy atom. The second-order valence-electron chi connectivity index (χ2n) is 6.26. The maximum Gasteiger partial charge on any atom is 0.0437 e. The third-order valence-electron chi connectivity index (χ3n) is 4.60. The Morgan fingerprint density at radius 1 is 0.958 bits per heavy atom. The van der Waals surface area contributed by atoms with E-state index in [0.29, 0.717) is 12.0 Å². The Balaban J connectivity index is 2.23. The zero-order valence-corrected chi connectivity index (χ0v) is 14.6. The van der Waals surface area contributed by atoms with Crippen molar-refractivity contribution < 1.29 is 5.11 Å². The SMILES string of the molecule is C=C[C@@H](CCO)[C@H](CC)N(Cc1ccccc1)Cc1ccccc1. The van der Waals surface area contributed by atoms with Gasteiger partial charge in [0.1, 0.15) is 0 Å². The van der Waals surface area contributed by atoms with Gasteiger partial charge in [0.15, 0.2) is 0 Å². The first-order valence-corrected chi connectivity index (χ1v) is 8.83. The van der Waals surface area contributed by atoms with Crippen LogP contribution in [0.5, 0.6) is 0 Å². The molecule has 2 rings (SSSR count). The molecule has 2 atom stereocenters. The number of benzene rings is 2. The molecule has 24 heavy (non-hydrogen) atoms. The molecule has 0 bridgehead atoms. The second-order valence-corrected chi connectivity index (χ2v) is 6.26. The fourth-order valence-electron chi connectivity index (χ4n) is 3.37. The van der Waals surface area contributed by atoms with Crippen molar-refractivity contribution in [2.45, 2.75) is 38.9 Å². The maximum atomic E-state index is 9.41. The van der Waals surface area contributed by atoms with Crippen molar-refractivity contribution in [2.24, 2.45) is 5.92 Å². The summed E-state index contributed by atoms with van der Waals surface area (Å²) in [6, 6.07) is 21.6. The molecule has 0 saturated carbocycles. The van der Waals surface area contributed by atoms with Crippen LogP contribution in [0.2, 0.25) is 0 Å². The Morgan fingerprint density at radius 2 is 1.46 bits per heavy atom. The van der Waals surface area contributed by atoms with Crippen LogP contribution in [0, 0.1) is 5.92 Å². The van der Waals surface area contributed by atoms with E-state index in [-0.39, 0.29) is 6.61 Å². The first-order chi connectivity index (χ1) is 11.8. The predicted molar refractivity (Wildman–Crippen MR) is 102 cm³/mol. The highest BCUT2D eigenvalue weighted by Gasteiger charge is 2.24. The molecule has 0 aliphatic heterocycles. The first-order valence-electron chi connectivity index (χ1n) is 8.83. The van der Waals surface area contributed by atoms with Crippen molar-refractivity contribution in [3.63, 3.8) is 0 Å². The fraction of sp³-hybridized carbons (Fsp3) is 0.364. The van der Waals surface area contributed by atoms with Crippen LogP contribution in [-0.2, 0) is 13.1 Å². The number of nitrogens with zero attached hydrogens (tertiary/aromatic N) is 1. The van der Waals surface area contributed by atoms with Crippen LogP contribution in [0.25, 0.3) is 0 Å². The van der Waals surface area contributed by atoms with Gasteiger partial charge in [-0.15, -0.1) is 6.58 Å². The summed E-state index contributed by atoms with van der Waals surface area (Å²) in [5.41, 5.74) is 2.64. The number of aliphatic hydroxyl groups excluding tert-OH is 1. The Kier molecular flexibility index (Phi) is 7.73. The molecule has 128 valence electrons. The van der Waals surface area contributed by atoms with E-state index < -0.39 is 0 Å². The molecule has 1 N–H and O–H groups in total. The molecular weight excluding hydrogens is 294 g/mol. The first kappa shape index (κ1) is 18.4. The lowest BCUT2D eigenvalue weighted by Gasteiger charge is -2.35. The van der Waals surface area contributed by atoms with Crippen LogP contribution in [0.1, 0.15) is 30.9 Å². The smallest absolute Gasteiger partial charge is 0.0437 e. The summed E-state index contributed by atoms with van der Waals surface area (Å²) in [5, 5.41) is 9.41. The van der Waals surface area contributed by atoms with Crippen molar-refractivity contribution in [2.75, 3.05) is 6.61 Å². The molecule has 0 saturated heterocycles. The van der Waals surface area contributed by atoms with Gasteiger partial charge in [0.05, 0.1) is 0 Å². The number of hydrogen-bond donors (Lipinski definition) is 1. The van der Waals surface area contributed by atoms with E-state index in [1.165, 1.54) is 11.1 Å². The molecule has 2 aromatic carbocycles. The quantitative estimate of drug-likeness (QED) is 0.643. The lowest BCUT2D eigenvalue weighted by atomic mass is 9.92. The summed E-state index contributed by atoms with van der Waals surface area (Å²) in [7, 11) is 0. The van der Waals surface area contributed by atoms with Gasteiger partial charge < -0.3 is 5.11 Å². The highest BCUT2D eigenvalue weighted by atomic mass is 16.3. The van der Waals surface area contributed by atoms with Gasteiger partial charge in [0.2, 0.25) is 0 Å². The fourth-order valence-corrected chi connectivity index (χ4v) is 3.37. The summed E-state index contributed by atoms with van der Waals surface area (Å²) in [6.07, 6.45) is 3.81. The topological polar surface area (TPSA) is 23.5 Å². The van der Waals surface area contributed by atoms with E-state index >= 15 is 0 Å². The minimum atomic E-state index is 0.206. The van der Waals surface area contributed by atoms with Crippen molar-refractivity contribution in [3.05, 3.63) is 84.4 Å². The molecule has 2 aromatic rings. The molecule has 0 aromatic heterocycles. The Bertz CT molecular complexity index is 540. The van der Waals surface area contributed by atoms with E-state index in [9.17, 15) is 5.11 Å². The third kappa shape index (κ3) is 5.33. The predicted octanol–water partition coefficient (Wildman–Crippen LogP) is 4.65. The Hall–Kier alpha value is -1.90. The lowest BCUT2D eigenvalue weighted by molar-refractivity contribution is 0.122. The van der Waals surface area contributed by atoms with Crippen molar-refractivity contribution >= 4 is 0 Å².